The number of carbonyl (C=O) groups is 1. The second-order valence-corrected chi connectivity index (χ2v) is 5.02. The van der Waals surface area contributed by atoms with Crippen molar-refractivity contribution in [2.24, 2.45) is 0 Å². The number of halogens is 1. The third kappa shape index (κ3) is 4.56. The number of ketones is 1. The highest BCUT2D eigenvalue weighted by atomic mass is 79.9. The Balaban J connectivity index is 2.62. The highest BCUT2D eigenvalue weighted by Gasteiger charge is 2.10. The lowest BCUT2D eigenvalue weighted by Gasteiger charge is -2.05. The molecule has 1 aromatic rings. The molecule has 0 saturated carbocycles. The van der Waals surface area contributed by atoms with E-state index in [-0.39, 0.29) is 11.5 Å². The van der Waals surface area contributed by atoms with E-state index < -0.39 is 4.92 Å². The van der Waals surface area contributed by atoms with Crippen molar-refractivity contribution >= 4 is 27.4 Å². The molecule has 1 rings (SSSR count). The van der Waals surface area contributed by atoms with Gasteiger partial charge >= 0.3 is 0 Å². The third-order valence-electron chi connectivity index (χ3n) is 2.76. The Labute approximate surface area is 115 Å². The van der Waals surface area contributed by atoms with Crippen molar-refractivity contribution in [2.75, 3.05) is 5.33 Å². The van der Waals surface area contributed by atoms with E-state index in [1.165, 1.54) is 12.1 Å². The quantitative estimate of drug-likeness (QED) is 0.334. The van der Waals surface area contributed by atoms with E-state index in [1.54, 1.807) is 13.0 Å². The first-order valence-corrected chi connectivity index (χ1v) is 6.98. The molecule has 18 heavy (non-hydrogen) atoms. The fourth-order valence-electron chi connectivity index (χ4n) is 1.71. The predicted molar refractivity (Wildman–Crippen MR) is 74.2 cm³/mol. The molecular formula is C13H16BrNO3. The molecule has 0 N–H and O–H groups in total. The minimum absolute atomic E-state index is 0.0722. The monoisotopic (exact) mass is 313 g/mol. The van der Waals surface area contributed by atoms with E-state index in [4.69, 9.17) is 0 Å². The number of carbonyl (C=O) groups excluding carboxylic acids is 1. The topological polar surface area (TPSA) is 60.2 Å². The van der Waals surface area contributed by atoms with Gasteiger partial charge in [0.25, 0.3) is 5.69 Å². The van der Waals surface area contributed by atoms with Gasteiger partial charge in [0.15, 0.2) is 0 Å². The van der Waals surface area contributed by atoms with Gasteiger partial charge < -0.3 is 0 Å². The third-order valence-corrected chi connectivity index (χ3v) is 3.32. The Hall–Kier alpha value is -1.23. The Morgan fingerprint density at radius 3 is 2.67 bits per heavy atom. The van der Waals surface area contributed by atoms with Crippen LogP contribution >= 0.6 is 15.9 Å². The molecule has 0 aliphatic heterocycles. The molecule has 0 amide bonds. The van der Waals surface area contributed by atoms with E-state index >= 15 is 0 Å². The van der Waals surface area contributed by atoms with Crippen LogP contribution in [0.2, 0.25) is 0 Å². The summed E-state index contributed by atoms with van der Waals surface area (Å²) in [6.45, 7) is 1.80. The van der Waals surface area contributed by atoms with Gasteiger partial charge in [0.2, 0.25) is 0 Å². The van der Waals surface area contributed by atoms with Crippen LogP contribution in [0.4, 0.5) is 5.69 Å². The minimum atomic E-state index is -0.422. The molecule has 1 aromatic carbocycles. The zero-order valence-electron chi connectivity index (χ0n) is 10.3. The summed E-state index contributed by atoms with van der Waals surface area (Å²) in [5.74, 6) is 0.188. The van der Waals surface area contributed by atoms with Crippen LogP contribution < -0.4 is 0 Å². The first-order valence-electron chi connectivity index (χ1n) is 5.86. The number of nitrogens with zero attached hydrogens (tertiary/aromatic N) is 1. The Kier molecular flexibility index (Phi) is 5.98. The van der Waals surface area contributed by atoms with Gasteiger partial charge in [-0.3, -0.25) is 14.9 Å². The maximum absolute atomic E-state index is 11.7. The molecule has 0 aliphatic carbocycles. The lowest BCUT2D eigenvalue weighted by molar-refractivity contribution is -0.384. The van der Waals surface area contributed by atoms with Gasteiger partial charge in [-0.1, -0.05) is 22.0 Å². The SMILES string of the molecule is Cc1cc([N+](=O)[O-])ccc1CC(=O)CCCCBr. The van der Waals surface area contributed by atoms with Gasteiger partial charge in [-0.2, -0.15) is 0 Å². The molecule has 98 valence electrons. The molecule has 0 aliphatic rings. The van der Waals surface area contributed by atoms with Gasteiger partial charge in [0, 0.05) is 30.3 Å². The number of aryl methyl sites for hydroxylation is 1. The highest BCUT2D eigenvalue weighted by molar-refractivity contribution is 9.09. The molecule has 0 spiro atoms. The van der Waals surface area contributed by atoms with Crippen molar-refractivity contribution in [3.63, 3.8) is 0 Å². The average Bonchev–Trinajstić information content (AvgIpc) is 2.32. The number of non-ortho nitro benzene ring substituents is 1. The van der Waals surface area contributed by atoms with Crippen LogP contribution in [0.1, 0.15) is 30.4 Å². The number of benzene rings is 1. The van der Waals surface area contributed by atoms with Crippen LogP contribution in [0, 0.1) is 17.0 Å². The standard InChI is InChI=1S/C13H16BrNO3/c1-10-8-12(15(17)18)6-5-11(10)9-13(16)4-2-3-7-14/h5-6,8H,2-4,7,9H2,1H3. The molecule has 0 bridgehead atoms. The predicted octanol–water partition coefficient (Wildman–Crippen LogP) is 3.58. The van der Waals surface area contributed by atoms with Gasteiger partial charge in [-0.15, -0.1) is 0 Å². The second kappa shape index (κ2) is 7.26. The molecule has 0 saturated heterocycles. The van der Waals surface area contributed by atoms with Crippen molar-refractivity contribution in [3.05, 3.63) is 39.4 Å². The molecule has 4 nitrogen and oxygen atoms in total. The van der Waals surface area contributed by atoms with E-state index in [9.17, 15) is 14.9 Å². The largest absolute Gasteiger partial charge is 0.299 e. The van der Waals surface area contributed by atoms with Crippen LogP contribution in [0.25, 0.3) is 0 Å². The molecule has 5 heteroatoms. The number of alkyl halides is 1. The maximum atomic E-state index is 11.7. The normalized spacial score (nSPS) is 10.3. The van der Waals surface area contributed by atoms with Crippen LogP contribution in [-0.2, 0) is 11.2 Å². The minimum Gasteiger partial charge on any atom is -0.299 e. The number of nitro groups is 1. The van der Waals surface area contributed by atoms with Crippen molar-refractivity contribution in [1.82, 2.24) is 0 Å². The number of rotatable bonds is 7. The lowest BCUT2D eigenvalue weighted by atomic mass is 10.0. The summed E-state index contributed by atoms with van der Waals surface area (Å²) < 4.78 is 0. The van der Waals surface area contributed by atoms with Crippen LogP contribution in [0.15, 0.2) is 18.2 Å². The Bertz CT molecular complexity index is 446. The summed E-state index contributed by atoms with van der Waals surface area (Å²) in [7, 11) is 0. The fourth-order valence-corrected chi connectivity index (χ4v) is 2.11. The van der Waals surface area contributed by atoms with Gasteiger partial charge in [-0.25, -0.2) is 0 Å². The first kappa shape index (κ1) is 14.8. The molecular weight excluding hydrogens is 298 g/mol. The van der Waals surface area contributed by atoms with Crippen molar-refractivity contribution in [2.45, 2.75) is 32.6 Å². The van der Waals surface area contributed by atoms with Crippen molar-refractivity contribution in [1.29, 1.82) is 0 Å². The summed E-state index contributed by atoms with van der Waals surface area (Å²) in [5, 5.41) is 11.5. The van der Waals surface area contributed by atoms with E-state index in [0.29, 0.717) is 12.8 Å². The summed E-state index contributed by atoms with van der Waals surface area (Å²) in [5.41, 5.74) is 1.76. The van der Waals surface area contributed by atoms with Crippen molar-refractivity contribution in [3.8, 4) is 0 Å². The molecule has 0 unspecified atom stereocenters. The lowest BCUT2D eigenvalue weighted by Crippen LogP contribution is -2.04. The molecule has 0 aromatic heterocycles. The summed E-state index contributed by atoms with van der Waals surface area (Å²) in [6.07, 6.45) is 2.81. The van der Waals surface area contributed by atoms with Gasteiger partial charge in [0.05, 0.1) is 4.92 Å². The zero-order chi connectivity index (χ0) is 13.5. The number of hydrogen-bond acceptors (Lipinski definition) is 3. The Morgan fingerprint density at radius 1 is 1.39 bits per heavy atom. The first-order chi connectivity index (χ1) is 8.54. The van der Waals surface area contributed by atoms with Crippen LogP contribution in [0.5, 0.6) is 0 Å². The molecule has 0 fully saturated rings. The zero-order valence-corrected chi connectivity index (χ0v) is 11.9. The van der Waals surface area contributed by atoms with Crippen molar-refractivity contribution < 1.29 is 9.72 Å². The smallest absolute Gasteiger partial charge is 0.269 e. The van der Waals surface area contributed by atoms with Gasteiger partial charge in [-0.05, 0) is 30.9 Å². The summed E-state index contributed by atoms with van der Waals surface area (Å²) in [4.78, 5) is 21.9. The highest BCUT2D eigenvalue weighted by Crippen LogP contribution is 2.18. The van der Waals surface area contributed by atoms with E-state index in [0.717, 1.165) is 29.3 Å². The number of Topliss-reactive ketones (excluding diaryl/α,β-unsaturated/α-hetero) is 1. The average molecular weight is 314 g/mol. The van der Waals surface area contributed by atoms with Crippen LogP contribution in [-0.4, -0.2) is 16.0 Å². The Morgan fingerprint density at radius 2 is 2.11 bits per heavy atom. The number of hydrogen-bond donors (Lipinski definition) is 0. The molecule has 0 heterocycles. The summed E-state index contributed by atoms with van der Waals surface area (Å²) >= 11 is 3.32. The second-order valence-electron chi connectivity index (χ2n) is 4.23. The summed E-state index contributed by atoms with van der Waals surface area (Å²) in [6, 6.07) is 4.64. The molecule has 0 radical (unpaired) electrons. The van der Waals surface area contributed by atoms with Crippen LogP contribution in [0.3, 0.4) is 0 Å². The molecule has 0 atom stereocenters. The number of nitro benzene ring substituents is 1. The van der Waals surface area contributed by atoms with E-state index in [2.05, 4.69) is 15.9 Å². The van der Waals surface area contributed by atoms with Gasteiger partial charge in [0.1, 0.15) is 5.78 Å². The fraction of sp³-hybridized carbons (Fsp3) is 0.462. The maximum Gasteiger partial charge on any atom is 0.269 e. The number of unbranched alkanes of at least 4 members (excludes halogenated alkanes) is 1. The van der Waals surface area contributed by atoms with E-state index in [1.807, 2.05) is 0 Å².